The minimum Gasteiger partial charge on any atom is -0.496 e. The van der Waals surface area contributed by atoms with E-state index < -0.39 is 11.7 Å². The number of pyridine rings is 1. The summed E-state index contributed by atoms with van der Waals surface area (Å²) in [5, 5.41) is 6.57. The van der Waals surface area contributed by atoms with Crippen molar-refractivity contribution in [1.29, 1.82) is 0 Å². The van der Waals surface area contributed by atoms with Gasteiger partial charge in [0.1, 0.15) is 11.5 Å². The van der Waals surface area contributed by atoms with Crippen LogP contribution in [0.4, 0.5) is 13.2 Å². The Kier molecular flexibility index (Phi) is 8.86. The molecule has 230 valence electrons. The van der Waals surface area contributed by atoms with Gasteiger partial charge in [-0.05, 0) is 112 Å². The van der Waals surface area contributed by atoms with Crippen molar-refractivity contribution in [2.75, 3.05) is 14.2 Å². The fourth-order valence-electron chi connectivity index (χ4n) is 6.58. The van der Waals surface area contributed by atoms with Gasteiger partial charge in [0.05, 0.1) is 30.2 Å². The maximum absolute atomic E-state index is 13.3. The molecule has 0 bridgehead atoms. The molecule has 7 heteroatoms. The first-order valence-electron chi connectivity index (χ1n) is 15.0. The van der Waals surface area contributed by atoms with Crippen LogP contribution in [0, 0.1) is 0 Å². The molecule has 1 aliphatic rings. The minimum absolute atomic E-state index is 0.256. The summed E-state index contributed by atoms with van der Waals surface area (Å²) in [6, 6.07) is 26.9. The molecule has 0 fully saturated rings. The van der Waals surface area contributed by atoms with Crippen LogP contribution >= 0.6 is 11.6 Å². The molecule has 45 heavy (non-hydrogen) atoms. The highest BCUT2D eigenvalue weighted by molar-refractivity contribution is 6.31. The fraction of sp³-hybridized carbons (Fsp3) is 0.237. The number of alkyl halides is 3. The fourth-order valence-corrected chi connectivity index (χ4v) is 6.81. The molecule has 1 unspecified atom stereocenters. The summed E-state index contributed by atoms with van der Waals surface area (Å²) >= 11 is 5.80. The van der Waals surface area contributed by atoms with E-state index in [1.807, 2.05) is 42.7 Å². The van der Waals surface area contributed by atoms with Gasteiger partial charge in [0, 0.05) is 12.4 Å². The molecule has 1 heterocycles. The van der Waals surface area contributed by atoms with Gasteiger partial charge in [0.2, 0.25) is 0 Å². The molecule has 0 amide bonds. The molecule has 1 aliphatic carbocycles. The van der Waals surface area contributed by atoms with Gasteiger partial charge in [0.15, 0.2) is 0 Å². The van der Waals surface area contributed by atoms with Crippen LogP contribution in [0.2, 0.25) is 5.02 Å². The van der Waals surface area contributed by atoms with Gasteiger partial charge >= 0.3 is 6.18 Å². The largest absolute Gasteiger partial charge is 0.496 e. The Morgan fingerprint density at radius 3 is 2.38 bits per heavy atom. The van der Waals surface area contributed by atoms with Crippen LogP contribution in [0.1, 0.15) is 47.4 Å². The quantitative estimate of drug-likeness (QED) is 0.178. The third-order valence-electron chi connectivity index (χ3n) is 8.76. The van der Waals surface area contributed by atoms with Gasteiger partial charge in [-0.25, -0.2) is 0 Å². The molecule has 0 aliphatic heterocycles. The molecule has 0 saturated heterocycles. The van der Waals surface area contributed by atoms with Crippen LogP contribution in [0.3, 0.4) is 0 Å². The van der Waals surface area contributed by atoms with Crippen LogP contribution < -0.4 is 9.47 Å². The molecule has 7 rings (SSSR count). The topological polar surface area (TPSA) is 31.4 Å². The Labute approximate surface area is 265 Å². The minimum atomic E-state index is -4.45. The van der Waals surface area contributed by atoms with Crippen molar-refractivity contribution < 1.29 is 22.6 Å². The summed E-state index contributed by atoms with van der Waals surface area (Å²) in [7, 11) is 3.33. The van der Waals surface area contributed by atoms with Crippen molar-refractivity contribution in [2.24, 2.45) is 0 Å². The average Bonchev–Trinajstić information content (AvgIpc) is 3.06. The Bertz CT molecular complexity index is 1920. The zero-order chi connectivity index (χ0) is 31.6. The van der Waals surface area contributed by atoms with Gasteiger partial charge in [-0.3, -0.25) is 4.98 Å². The number of halogens is 4. The Morgan fingerprint density at radius 2 is 1.62 bits per heavy atom. The van der Waals surface area contributed by atoms with E-state index in [0.29, 0.717) is 17.9 Å². The van der Waals surface area contributed by atoms with E-state index in [2.05, 4.69) is 41.4 Å². The monoisotopic (exact) mass is 627 g/mol. The van der Waals surface area contributed by atoms with Crippen LogP contribution in [0.25, 0.3) is 32.3 Å². The zero-order valence-electron chi connectivity index (χ0n) is 25.1. The lowest BCUT2D eigenvalue weighted by Crippen LogP contribution is -2.12. The highest BCUT2D eigenvalue weighted by atomic mass is 35.5. The van der Waals surface area contributed by atoms with E-state index in [-0.39, 0.29) is 5.02 Å². The van der Waals surface area contributed by atoms with E-state index in [9.17, 15) is 13.2 Å². The van der Waals surface area contributed by atoms with E-state index in [0.717, 1.165) is 53.3 Å². The second kappa shape index (κ2) is 13.0. The van der Waals surface area contributed by atoms with Gasteiger partial charge in [-0.15, -0.1) is 0 Å². The van der Waals surface area contributed by atoms with Crippen LogP contribution in [0.15, 0.2) is 97.3 Å². The van der Waals surface area contributed by atoms with Crippen LogP contribution in [0.5, 0.6) is 11.5 Å². The van der Waals surface area contributed by atoms with E-state index in [1.54, 1.807) is 20.3 Å². The average molecular weight is 628 g/mol. The van der Waals surface area contributed by atoms with Crippen LogP contribution in [-0.2, 0) is 19.0 Å². The lowest BCUT2D eigenvalue weighted by atomic mass is 9.77. The second-order valence-electron chi connectivity index (χ2n) is 11.4. The SMILES string of the molecule is COc1cccc2c1c(OC)cc1c3c(ccc12)C(CCc1ccc(Cl)c(C(F)(F)F)c1)CCC3.c1ccc2cnccc2c1. The summed E-state index contributed by atoms with van der Waals surface area (Å²) in [5.41, 5.74) is 2.50. The third kappa shape index (κ3) is 6.30. The van der Waals surface area contributed by atoms with Crippen molar-refractivity contribution in [3.05, 3.63) is 125 Å². The molecular formula is C38H33ClF3NO2. The van der Waals surface area contributed by atoms with Crippen molar-refractivity contribution in [3.63, 3.8) is 0 Å². The zero-order valence-corrected chi connectivity index (χ0v) is 25.9. The molecule has 1 aromatic heterocycles. The first-order chi connectivity index (χ1) is 21.8. The summed E-state index contributed by atoms with van der Waals surface area (Å²) in [4.78, 5) is 4.01. The Hall–Kier alpha value is -4.29. The van der Waals surface area contributed by atoms with E-state index >= 15 is 0 Å². The van der Waals surface area contributed by atoms with Crippen LogP contribution in [-0.4, -0.2) is 19.2 Å². The summed E-state index contributed by atoms with van der Waals surface area (Å²) in [5.74, 6) is 1.85. The Morgan fingerprint density at radius 1 is 0.822 bits per heavy atom. The molecule has 0 N–H and O–H groups in total. The van der Waals surface area contributed by atoms with Crippen molar-refractivity contribution in [2.45, 2.75) is 44.2 Å². The number of hydrogen-bond acceptors (Lipinski definition) is 3. The van der Waals surface area contributed by atoms with Crippen molar-refractivity contribution in [1.82, 2.24) is 4.98 Å². The Balaban J connectivity index is 0.000000301. The molecule has 0 spiro atoms. The predicted octanol–water partition coefficient (Wildman–Crippen LogP) is 11.0. The summed E-state index contributed by atoms with van der Waals surface area (Å²) in [6.07, 6.45) is 3.63. The predicted molar refractivity (Wildman–Crippen MR) is 177 cm³/mol. The second-order valence-corrected chi connectivity index (χ2v) is 11.8. The number of aryl methyl sites for hydroxylation is 2. The first-order valence-corrected chi connectivity index (χ1v) is 15.4. The molecule has 1 atom stereocenters. The molecular weight excluding hydrogens is 595 g/mol. The summed E-state index contributed by atoms with van der Waals surface area (Å²) < 4.78 is 51.2. The van der Waals surface area contributed by atoms with Gasteiger partial charge in [-0.1, -0.05) is 66.2 Å². The lowest BCUT2D eigenvalue weighted by molar-refractivity contribution is -0.137. The van der Waals surface area contributed by atoms with E-state index in [1.165, 1.54) is 39.4 Å². The van der Waals surface area contributed by atoms with Gasteiger partial charge in [-0.2, -0.15) is 13.2 Å². The normalized spacial score (nSPS) is 14.6. The molecule has 3 nitrogen and oxygen atoms in total. The number of hydrogen-bond donors (Lipinski definition) is 0. The highest BCUT2D eigenvalue weighted by Gasteiger charge is 2.33. The number of fused-ring (bicyclic) bond motifs is 6. The lowest BCUT2D eigenvalue weighted by Gasteiger charge is -2.28. The molecule has 0 radical (unpaired) electrons. The third-order valence-corrected chi connectivity index (χ3v) is 9.09. The molecule has 0 saturated carbocycles. The first kappa shape index (κ1) is 30.7. The van der Waals surface area contributed by atoms with Gasteiger partial charge in [0.25, 0.3) is 0 Å². The number of methoxy groups -OCH3 is 2. The number of ether oxygens (including phenoxy) is 2. The smallest absolute Gasteiger partial charge is 0.417 e. The molecule has 5 aromatic carbocycles. The summed E-state index contributed by atoms with van der Waals surface area (Å²) in [6.45, 7) is 0. The number of nitrogens with zero attached hydrogens (tertiary/aromatic N) is 1. The van der Waals surface area contributed by atoms with E-state index in [4.69, 9.17) is 21.1 Å². The standard InChI is InChI=1S/C29H26ClF3O2.C9H7N/c1-34-26-8-4-7-22-21-13-12-19-18(5-3-6-20(19)23(21)16-27(35-2)28(22)26)11-9-17-10-14-25(30)24(15-17)29(31,32)33;1-2-4-9-7-10-6-5-8(9)3-1/h4,7-8,10,12-16,18H,3,5-6,9,11H2,1-2H3;1-7H. The number of rotatable bonds is 5. The van der Waals surface area contributed by atoms with Crippen molar-refractivity contribution >= 4 is 43.9 Å². The highest BCUT2D eigenvalue weighted by Crippen LogP contribution is 2.44. The maximum Gasteiger partial charge on any atom is 0.417 e. The number of aromatic nitrogens is 1. The van der Waals surface area contributed by atoms with Crippen molar-refractivity contribution in [3.8, 4) is 11.5 Å². The number of benzene rings is 5. The van der Waals surface area contributed by atoms with Gasteiger partial charge < -0.3 is 9.47 Å². The maximum atomic E-state index is 13.3. The molecule has 6 aromatic rings.